The van der Waals surface area contributed by atoms with Crippen LogP contribution in [0.1, 0.15) is 12.0 Å². The number of hydrogen-bond donors (Lipinski definition) is 3. The fraction of sp³-hybridized carbons (Fsp3) is 0.538. The summed E-state index contributed by atoms with van der Waals surface area (Å²) < 4.78 is 0. The predicted molar refractivity (Wildman–Crippen MR) is 65.4 cm³/mol. The molecule has 3 N–H and O–H groups in total. The van der Waals surface area contributed by atoms with E-state index in [2.05, 4.69) is 34.9 Å². The van der Waals surface area contributed by atoms with Gasteiger partial charge in [-0.3, -0.25) is 0 Å². The van der Waals surface area contributed by atoms with E-state index >= 15 is 0 Å². The zero-order valence-electron chi connectivity index (χ0n) is 9.52. The van der Waals surface area contributed by atoms with Gasteiger partial charge in [0.1, 0.15) is 0 Å². The molecule has 2 atom stereocenters. The van der Waals surface area contributed by atoms with Crippen LogP contribution in [0.2, 0.25) is 0 Å². The van der Waals surface area contributed by atoms with E-state index in [9.17, 15) is 5.11 Å². The third-order valence-corrected chi connectivity index (χ3v) is 3.11. The van der Waals surface area contributed by atoms with E-state index in [0.29, 0.717) is 6.54 Å². The van der Waals surface area contributed by atoms with Crippen LogP contribution in [0.5, 0.6) is 0 Å². The molecule has 0 amide bonds. The van der Waals surface area contributed by atoms with Crippen LogP contribution in [-0.2, 0) is 6.42 Å². The lowest BCUT2D eigenvalue weighted by Crippen LogP contribution is -2.51. The maximum absolute atomic E-state index is 9.74. The van der Waals surface area contributed by atoms with E-state index in [4.69, 9.17) is 0 Å². The summed E-state index contributed by atoms with van der Waals surface area (Å²) in [4.78, 5) is 0. The standard InChI is InChI=1S/C13H20N2O/c16-13-10-14-8-7-12(13)15-9-6-11-4-2-1-3-5-11/h1-5,12-16H,6-10H2. The van der Waals surface area contributed by atoms with Crippen LogP contribution < -0.4 is 10.6 Å². The van der Waals surface area contributed by atoms with E-state index in [-0.39, 0.29) is 12.1 Å². The van der Waals surface area contributed by atoms with Crippen molar-refractivity contribution < 1.29 is 5.11 Å². The Hall–Kier alpha value is -0.900. The first kappa shape index (κ1) is 11.6. The molecule has 1 fully saturated rings. The van der Waals surface area contributed by atoms with E-state index in [1.807, 2.05) is 6.07 Å². The Morgan fingerprint density at radius 1 is 1.31 bits per heavy atom. The van der Waals surface area contributed by atoms with Crippen molar-refractivity contribution in [3.8, 4) is 0 Å². The fourth-order valence-corrected chi connectivity index (χ4v) is 2.13. The molecule has 3 nitrogen and oxygen atoms in total. The fourth-order valence-electron chi connectivity index (χ4n) is 2.13. The molecule has 1 aliphatic rings. The van der Waals surface area contributed by atoms with Crippen molar-refractivity contribution in [2.45, 2.75) is 25.0 Å². The number of piperidine rings is 1. The lowest BCUT2D eigenvalue weighted by molar-refractivity contribution is 0.103. The number of β-amino-alcohol motifs (C(OH)–C–C–N with tert-alkyl or cyclic N) is 1. The van der Waals surface area contributed by atoms with Gasteiger partial charge in [-0.05, 0) is 31.5 Å². The number of aliphatic hydroxyl groups is 1. The Morgan fingerprint density at radius 3 is 2.88 bits per heavy atom. The molecule has 1 saturated heterocycles. The maximum Gasteiger partial charge on any atom is 0.0817 e. The smallest absolute Gasteiger partial charge is 0.0817 e. The number of hydrogen-bond acceptors (Lipinski definition) is 3. The van der Waals surface area contributed by atoms with Crippen molar-refractivity contribution >= 4 is 0 Å². The van der Waals surface area contributed by atoms with Gasteiger partial charge >= 0.3 is 0 Å². The van der Waals surface area contributed by atoms with Gasteiger partial charge in [-0.1, -0.05) is 30.3 Å². The SMILES string of the molecule is OC1CNCCC1NCCc1ccccc1. The summed E-state index contributed by atoms with van der Waals surface area (Å²) in [6.45, 7) is 2.65. The van der Waals surface area contributed by atoms with Gasteiger partial charge < -0.3 is 15.7 Å². The molecule has 0 radical (unpaired) electrons. The molecule has 0 spiro atoms. The zero-order chi connectivity index (χ0) is 11.2. The van der Waals surface area contributed by atoms with Crippen molar-refractivity contribution in [3.05, 3.63) is 35.9 Å². The highest BCUT2D eigenvalue weighted by molar-refractivity contribution is 5.14. The lowest BCUT2D eigenvalue weighted by atomic mass is 10.0. The normalized spacial score (nSPS) is 25.6. The summed E-state index contributed by atoms with van der Waals surface area (Å²) in [6.07, 6.45) is 1.79. The molecule has 0 aromatic heterocycles. The van der Waals surface area contributed by atoms with Gasteiger partial charge in [0.25, 0.3) is 0 Å². The van der Waals surface area contributed by atoms with E-state index in [0.717, 1.165) is 25.9 Å². The number of rotatable bonds is 4. The molecule has 16 heavy (non-hydrogen) atoms. The Bertz CT molecular complexity index is 302. The highest BCUT2D eigenvalue weighted by Crippen LogP contribution is 2.04. The van der Waals surface area contributed by atoms with Crippen LogP contribution in [0.3, 0.4) is 0 Å². The van der Waals surface area contributed by atoms with Crippen molar-refractivity contribution in [3.63, 3.8) is 0 Å². The average molecular weight is 220 g/mol. The molecule has 1 aromatic rings. The zero-order valence-corrected chi connectivity index (χ0v) is 9.52. The van der Waals surface area contributed by atoms with E-state index in [1.54, 1.807) is 0 Å². The highest BCUT2D eigenvalue weighted by Gasteiger charge is 2.21. The summed E-state index contributed by atoms with van der Waals surface area (Å²) in [5.74, 6) is 0. The van der Waals surface area contributed by atoms with Gasteiger partial charge in [-0.15, -0.1) is 0 Å². The summed E-state index contributed by atoms with van der Waals surface area (Å²) >= 11 is 0. The molecule has 0 bridgehead atoms. The van der Waals surface area contributed by atoms with Crippen molar-refractivity contribution in [1.29, 1.82) is 0 Å². The van der Waals surface area contributed by atoms with Gasteiger partial charge in [-0.25, -0.2) is 0 Å². The van der Waals surface area contributed by atoms with Gasteiger partial charge in [-0.2, -0.15) is 0 Å². The van der Waals surface area contributed by atoms with Crippen LogP contribution in [0.25, 0.3) is 0 Å². The van der Waals surface area contributed by atoms with Crippen molar-refractivity contribution in [2.75, 3.05) is 19.6 Å². The molecule has 88 valence electrons. The first-order valence-corrected chi connectivity index (χ1v) is 6.02. The first-order chi connectivity index (χ1) is 7.86. The molecular weight excluding hydrogens is 200 g/mol. The molecule has 0 saturated carbocycles. The number of benzene rings is 1. The highest BCUT2D eigenvalue weighted by atomic mass is 16.3. The largest absolute Gasteiger partial charge is 0.390 e. The minimum absolute atomic E-state index is 0.246. The molecule has 0 aliphatic carbocycles. The second-order valence-corrected chi connectivity index (χ2v) is 4.36. The van der Waals surface area contributed by atoms with Crippen LogP contribution >= 0.6 is 0 Å². The molecule has 2 unspecified atom stereocenters. The number of nitrogens with one attached hydrogen (secondary N) is 2. The Morgan fingerprint density at radius 2 is 2.12 bits per heavy atom. The van der Waals surface area contributed by atoms with E-state index in [1.165, 1.54) is 5.56 Å². The molecule has 1 heterocycles. The second kappa shape index (κ2) is 5.99. The summed E-state index contributed by atoms with van der Waals surface area (Å²) in [7, 11) is 0. The van der Waals surface area contributed by atoms with Crippen LogP contribution in [0.15, 0.2) is 30.3 Å². The predicted octanol–water partition coefficient (Wildman–Crippen LogP) is 0.542. The second-order valence-electron chi connectivity index (χ2n) is 4.36. The van der Waals surface area contributed by atoms with Crippen molar-refractivity contribution in [1.82, 2.24) is 10.6 Å². The quantitative estimate of drug-likeness (QED) is 0.694. The van der Waals surface area contributed by atoms with Gasteiger partial charge in [0.2, 0.25) is 0 Å². The minimum atomic E-state index is -0.246. The molecule has 2 rings (SSSR count). The molecule has 3 heteroatoms. The summed E-state index contributed by atoms with van der Waals surface area (Å²) in [6, 6.07) is 10.7. The maximum atomic E-state index is 9.74. The summed E-state index contributed by atoms with van der Waals surface area (Å²) in [5.41, 5.74) is 1.35. The molecule has 1 aromatic carbocycles. The third kappa shape index (κ3) is 3.30. The molecular formula is C13H20N2O. The van der Waals surface area contributed by atoms with Gasteiger partial charge in [0.05, 0.1) is 6.10 Å². The van der Waals surface area contributed by atoms with Gasteiger partial charge in [0, 0.05) is 12.6 Å². The molecule has 1 aliphatic heterocycles. The third-order valence-electron chi connectivity index (χ3n) is 3.11. The van der Waals surface area contributed by atoms with E-state index < -0.39 is 0 Å². The lowest BCUT2D eigenvalue weighted by Gasteiger charge is -2.29. The topological polar surface area (TPSA) is 44.3 Å². The first-order valence-electron chi connectivity index (χ1n) is 6.02. The Labute approximate surface area is 96.9 Å². The van der Waals surface area contributed by atoms with Crippen LogP contribution in [-0.4, -0.2) is 36.9 Å². The van der Waals surface area contributed by atoms with Crippen LogP contribution in [0.4, 0.5) is 0 Å². The monoisotopic (exact) mass is 220 g/mol. The Balaban J connectivity index is 1.71. The van der Waals surface area contributed by atoms with Crippen LogP contribution in [0, 0.1) is 0 Å². The van der Waals surface area contributed by atoms with Gasteiger partial charge in [0.15, 0.2) is 0 Å². The minimum Gasteiger partial charge on any atom is -0.390 e. The summed E-state index contributed by atoms with van der Waals surface area (Å²) in [5, 5.41) is 16.4. The van der Waals surface area contributed by atoms with Crippen molar-refractivity contribution in [2.24, 2.45) is 0 Å². The Kier molecular flexibility index (Phi) is 4.34. The number of aliphatic hydroxyl groups excluding tert-OH is 1. The average Bonchev–Trinajstić information content (AvgIpc) is 2.33.